The first-order valence-electron chi connectivity index (χ1n) is 11.9. The molecule has 196 valence electrons. The third-order valence-corrected chi connectivity index (χ3v) is 5.64. The summed E-state index contributed by atoms with van der Waals surface area (Å²) in [5.74, 6) is -2.62. The van der Waals surface area contributed by atoms with Crippen molar-refractivity contribution < 1.29 is 28.2 Å². The van der Waals surface area contributed by atoms with E-state index in [0.29, 0.717) is 11.1 Å². The summed E-state index contributed by atoms with van der Waals surface area (Å²) in [6.45, 7) is 7.53. The Bertz CT molecular complexity index is 1290. The maximum atomic E-state index is 14.0. The first-order chi connectivity index (χ1) is 17.7. The van der Waals surface area contributed by atoms with Gasteiger partial charge < -0.3 is 19.9 Å². The van der Waals surface area contributed by atoms with Crippen molar-refractivity contribution in [2.24, 2.45) is 0 Å². The summed E-state index contributed by atoms with van der Waals surface area (Å²) in [5.41, 5.74) is 7.17. The minimum Gasteiger partial charge on any atom is -0.459 e. The molecule has 0 amide bonds. The molecule has 0 saturated carbocycles. The minimum atomic E-state index is -1.01. The van der Waals surface area contributed by atoms with Crippen molar-refractivity contribution in [3.8, 4) is 0 Å². The van der Waals surface area contributed by atoms with Crippen molar-refractivity contribution in [2.75, 3.05) is 12.3 Å². The number of aryl methyl sites for hydroxylation is 2. The predicted molar refractivity (Wildman–Crippen MR) is 135 cm³/mol. The van der Waals surface area contributed by atoms with Gasteiger partial charge in [0.2, 0.25) is 0 Å². The van der Waals surface area contributed by atoms with Crippen LogP contribution in [-0.2, 0) is 14.2 Å². The fourth-order valence-electron chi connectivity index (χ4n) is 3.64. The van der Waals surface area contributed by atoms with E-state index in [1.54, 1.807) is 48.5 Å². The van der Waals surface area contributed by atoms with Crippen LogP contribution in [0.4, 0.5) is 10.2 Å². The molecule has 2 aromatic carbocycles. The number of esters is 2. The number of halogens is 1. The van der Waals surface area contributed by atoms with Crippen molar-refractivity contribution in [1.82, 2.24) is 9.55 Å². The van der Waals surface area contributed by atoms with Gasteiger partial charge in [-0.3, -0.25) is 4.57 Å². The van der Waals surface area contributed by atoms with Crippen LogP contribution in [0.1, 0.15) is 58.3 Å². The Labute approximate surface area is 214 Å². The lowest BCUT2D eigenvalue weighted by molar-refractivity contribution is -0.0583. The van der Waals surface area contributed by atoms with E-state index < -0.39 is 47.7 Å². The maximum absolute atomic E-state index is 14.0. The van der Waals surface area contributed by atoms with Gasteiger partial charge in [0.25, 0.3) is 0 Å². The average Bonchev–Trinajstić information content (AvgIpc) is 3.28. The number of anilines is 1. The quantitative estimate of drug-likeness (QED) is 0.493. The second-order valence-electron chi connectivity index (χ2n) is 8.30. The molecule has 3 atom stereocenters. The van der Waals surface area contributed by atoms with Crippen molar-refractivity contribution in [3.63, 3.8) is 0 Å². The van der Waals surface area contributed by atoms with Gasteiger partial charge in [-0.25, -0.2) is 18.8 Å². The summed E-state index contributed by atoms with van der Waals surface area (Å²) in [4.78, 5) is 40.9. The zero-order valence-electron chi connectivity index (χ0n) is 21.1. The van der Waals surface area contributed by atoms with Crippen LogP contribution in [0.15, 0.2) is 59.5 Å². The van der Waals surface area contributed by atoms with Crippen molar-refractivity contribution >= 4 is 17.8 Å². The van der Waals surface area contributed by atoms with E-state index >= 15 is 0 Å². The van der Waals surface area contributed by atoms with Crippen molar-refractivity contribution in [3.05, 3.63) is 93.3 Å². The molecule has 0 radical (unpaired) electrons. The molecule has 3 aromatic rings. The summed E-state index contributed by atoms with van der Waals surface area (Å²) < 4.78 is 31.8. The molecule has 2 heterocycles. The standard InChI is InChI=1S/C25H24FN3O6.C2H6/c1-14-3-7-16(8-4-14)23(30)33-13-20-19(35-24(31)17-9-5-15(2)6-10-17)11-21(34-20)29-12-18(26)22(27)28-25(29)32;1-2/h3-10,12,19-21H,11,13H2,1-2H3,(H2,27,28,32);1-2H3. The van der Waals surface area contributed by atoms with Crippen LogP contribution in [0.2, 0.25) is 0 Å². The summed E-state index contributed by atoms with van der Waals surface area (Å²) in [7, 11) is 0. The second kappa shape index (κ2) is 12.3. The molecule has 0 aliphatic carbocycles. The number of nitrogens with zero attached hydrogens (tertiary/aromatic N) is 2. The number of ether oxygens (including phenoxy) is 3. The number of nitrogens with two attached hydrogens (primary N) is 1. The largest absolute Gasteiger partial charge is 0.459 e. The van der Waals surface area contributed by atoms with Crippen molar-refractivity contribution in [1.29, 1.82) is 0 Å². The molecular weight excluding hydrogens is 481 g/mol. The molecule has 10 heteroatoms. The van der Waals surface area contributed by atoms with Gasteiger partial charge in [0.15, 0.2) is 11.6 Å². The Morgan fingerprint density at radius 1 is 1.03 bits per heavy atom. The number of carbonyl (C=O) groups is 2. The highest BCUT2D eigenvalue weighted by Crippen LogP contribution is 2.31. The van der Waals surface area contributed by atoms with E-state index in [0.717, 1.165) is 21.9 Å². The lowest BCUT2D eigenvalue weighted by Gasteiger charge is -2.19. The Kier molecular flexibility index (Phi) is 9.13. The van der Waals surface area contributed by atoms with Gasteiger partial charge in [0, 0.05) is 6.42 Å². The lowest BCUT2D eigenvalue weighted by Crippen LogP contribution is -2.32. The Hall–Kier alpha value is -4.05. The number of nitrogen functional groups attached to an aromatic ring is 1. The zero-order valence-corrected chi connectivity index (χ0v) is 21.1. The third-order valence-electron chi connectivity index (χ3n) is 5.64. The molecule has 1 aromatic heterocycles. The molecule has 2 N–H and O–H groups in total. The first kappa shape index (κ1) is 27.5. The van der Waals surface area contributed by atoms with Gasteiger partial charge in [-0.15, -0.1) is 0 Å². The maximum Gasteiger partial charge on any atom is 0.351 e. The molecule has 0 spiro atoms. The Balaban J connectivity index is 0.00000186. The van der Waals surface area contributed by atoms with E-state index in [-0.39, 0.29) is 13.0 Å². The molecule has 1 aliphatic heterocycles. The number of carbonyl (C=O) groups excluding carboxylic acids is 2. The number of hydrogen-bond acceptors (Lipinski definition) is 8. The van der Waals surface area contributed by atoms with E-state index in [4.69, 9.17) is 19.9 Å². The lowest BCUT2D eigenvalue weighted by atomic mass is 10.1. The van der Waals surface area contributed by atoms with Crippen LogP contribution >= 0.6 is 0 Å². The number of benzene rings is 2. The number of rotatable bonds is 6. The van der Waals surface area contributed by atoms with Gasteiger partial charge in [0.1, 0.15) is 25.0 Å². The molecular formula is C27H30FN3O6. The summed E-state index contributed by atoms with van der Waals surface area (Å²) in [6.07, 6.45) is -1.91. The number of aromatic nitrogens is 2. The topological polar surface area (TPSA) is 123 Å². The smallest absolute Gasteiger partial charge is 0.351 e. The highest BCUT2D eigenvalue weighted by atomic mass is 19.1. The monoisotopic (exact) mass is 511 g/mol. The SMILES string of the molecule is CC.Cc1ccc(C(=O)OCC2OC(n3cc(F)c(N)nc3=O)CC2OC(=O)c2ccc(C)cc2)cc1. The normalized spacial score (nSPS) is 18.5. The van der Waals surface area contributed by atoms with Crippen LogP contribution in [0.3, 0.4) is 0 Å². The summed E-state index contributed by atoms with van der Waals surface area (Å²) in [6, 6.07) is 13.6. The van der Waals surface area contributed by atoms with E-state index in [1.165, 1.54) is 0 Å². The molecule has 1 fully saturated rings. The summed E-state index contributed by atoms with van der Waals surface area (Å²) >= 11 is 0. The molecule has 1 aliphatic rings. The zero-order chi connectivity index (χ0) is 27.1. The van der Waals surface area contributed by atoms with Gasteiger partial charge in [-0.1, -0.05) is 49.2 Å². The van der Waals surface area contributed by atoms with Crippen LogP contribution in [-0.4, -0.2) is 40.3 Å². The van der Waals surface area contributed by atoms with Gasteiger partial charge in [-0.2, -0.15) is 4.98 Å². The van der Waals surface area contributed by atoms with Crippen LogP contribution in [0.25, 0.3) is 0 Å². The van der Waals surface area contributed by atoms with Gasteiger partial charge in [-0.05, 0) is 38.1 Å². The fraction of sp³-hybridized carbons (Fsp3) is 0.333. The Morgan fingerprint density at radius 3 is 2.14 bits per heavy atom. The fourth-order valence-corrected chi connectivity index (χ4v) is 3.64. The third kappa shape index (κ3) is 6.79. The molecule has 9 nitrogen and oxygen atoms in total. The van der Waals surface area contributed by atoms with Crippen molar-refractivity contribution in [2.45, 2.75) is 52.6 Å². The summed E-state index contributed by atoms with van der Waals surface area (Å²) in [5, 5.41) is 0. The van der Waals surface area contributed by atoms with Gasteiger partial charge >= 0.3 is 17.6 Å². The highest BCUT2D eigenvalue weighted by Gasteiger charge is 2.40. The number of hydrogen-bond donors (Lipinski definition) is 1. The average molecular weight is 512 g/mol. The van der Waals surface area contributed by atoms with Crippen LogP contribution in [0, 0.1) is 19.7 Å². The molecule has 3 unspecified atom stereocenters. The second-order valence-corrected chi connectivity index (χ2v) is 8.30. The predicted octanol–water partition coefficient (Wildman–Crippen LogP) is 3.98. The highest BCUT2D eigenvalue weighted by molar-refractivity contribution is 5.90. The van der Waals surface area contributed by atoms with E-state index in [9.17, 15) is 18.8 Å². The van der Waals surface area contributed by atoms with Gasteiger partial charge in [0.05, 0.1) is 17.3 Å². The molecule has 1 saturated heterocycles. The van der Waals surface area contributed by atoms with Crippen LogP contribution < -0.4 is 11.4 Å². The minimum absolute atomic E-state index is 0.00922. The molecule has 37 heavy (non-hydrogen) atoms. The van der Waals surface area contributed by atoms with E-state index in [1.807, 2.05) is 27.7 Å². The van der Waals surface area contributed by atoms with Crippen LogP contribution in [0.5, 0.6) is 0 Å². The first-order valence-corrected chi connectivity index (χ1v) is 11.9. The Morgan fingerprint density at radius 2 is 1.57 bits per heavy atom. The van der Waals surface area contributed by atoms with E-state index in [2.05, 4.69) is 4.98 Å². The molecule has 4 rings (SSSR count). The molecule has 0 bridgehead atoms.